The van der Waals surface area contributed by atoms with Crippen molar-refractivity contribution in [1.82, 2.24) is 9.88 Å². The van der Waals surface area contributed by atoms with Crippen LogP contribution in [0.15, 0.2) is 42.5 Å². The lowest BCUT2D eigenvalue weighted by Gasteiger charge is -2.51. The minimum Gasteiger partial charge on any atom is -0.497 e. The molecule has 2 aliphatic heterocycles. The minimum absolute atomic E-state index is 0.0759. The summed E-state index contributed by atoms with van der Waals surface area (Å²) in [6.45, 7) is 1.75. The summed E-state index contributed by atoms with van der Waals surface area (Å²) < 4.78 is 16.6. The molecule has 200 valence electrons. The van der Waals surface area contributed by atoms with E-state index in [1.165, 1.54) is 23.8 Å². The first-order valence-electron chi connectivity index (χ1n) is 13.4. The van der Waals surface area contributed by atoms with Crippen LogP contribution in [-0.2, 0) is 27.3 Å². The highest BCUT2D eigenvalue weighted by atomic mass is 16.5. The largest absolute Gasteiger partial charge is 0.497 e. The number of carbonyl (C=O) groups excluding carboxylic acids is 2. The number of hydrogen-bond acceptors (Lipinski definition) is 7. The Morgan fingerprint density at radius 2 is 1.89 bits per heavy atom. The summed E-state index contributed by atoms with van der Waals surface area (Å²) in [5, 5.41) is 10.5. The molecule has 8 nitrogen and oxygen atoms in total. The molecular formula is C30H34N2O6. The number of hydrogen-bond donors (Lipinski definition) is 2. The van der Waals surface area contributed by atoms with Crippen molar-refractivity contribution in [2.75, 3.05) is 27.3 Å². The number of nitrogens with one attached hydrogen (secondary N) is 1. The highest BCUT2D eigenvalue weighted by molar-refractivity contribution is 5.89. The molecule has 5 unspecified atom stereocenters. The van der Waals surface area contributed by atoms with Gasteiger partial charge in [0.05, 0.1) is 38.3 Å². The molecule has 1 saturated carbocycles. The third kappa shape index (κ3) is 4.35. The number of esters is 2. The van der Waals surface area contributed by atoms with E-state index in [0.717, 1.165) is 49.2 Å². The fourth-order valence-corrected chi connectivity index (χ4v) is 7.02. The van der Waals surface area contributed by atoms with Crippen LogP contribution < -0.4 is 4.74 Å². The fourth-order valence-electron chi connectivity index (χ4n) is 7.02. The summed E-state index contributed by atoms with van der Waals surface area (Å²) in [6, 6.07) is 13.2. The van der Waals surface area contributed by atoms with Gasteiger partial charge in [-0.1, -0.05) is 12.1 Å². The molecule has 1 aliphatic carbocycles. The summed E-state index contributed by atoms with van der Waals surface area (Å²) >= 11 is 0. The van der Waals surface area contributed by atoms with E-state index in [4.69, 9.17) is 14.2 Å². The number of fused-ring (bicyclic) bond motifs is 6. The Morgan fingerprint density at radius 1 is 1.08 bits per heavy atom. The zero-order valence-corrected chi connectivity index (χ0v) is 21.8. The summed E-state index contributed by atoms with van der Waals surface area (Å²) in [6.07, 6.45) is 2.70. The Balaban J connectivity index is 1.23. The molecule has 2 aromatic carbocycles. The maximum Gasteiger partial charge on any atom is 0.338 e. The highest BCUT2D eigenvalue weighted by Gasteiger charge is 2.49. The quantitative estimate of drug-likeness (QED) is 0.492. The second kappa shape index (κ2) is 10.1. The van der Waals surface area contributed by atoms with E-state index >= 15 is 0 Å². The van der Waals surface area contributed by atoms with Gasteiger partial charge in [0, 0.05) is 35.8 Å². The molecule has 3 heterocycles. The summed E-state index contributed by atoms with van der Waals surface area (Å²) in [7, 11) is 3.12. The van der Waals surface area contributed by atoms with E-state index in [9.17, 15) is 14.7 Å². The van der Waals surface area contributed by atoms with Crippen molar-refractivity contribution in [2.24, 2.45) is 17.8 Å². The lowest BCUT2D eigenvalue weighted by Crippen LogP contribution is -2.52. The van der Waals surface area contributed by atoms with Gasteiger partial charge in [0.2, 0.25) is 0 Å². The van der Waals surface area contributed by atoms with Crippen LogP contribution in [0.4, 0.5) is 0 Å². The normalized spacial score (nSPS) is 26.7. The fraction of sp³-hybridized carbons (Fsp3) is 0.467. The molecule has 5 atom stereocenters. The Morgan fingerprint density at radius 3 is 2.63 bits per heavy atom. The van der Waals surface area contributed by atoms with E-state index in [1.54, 1.807) is 31.4 Å². The van der Waals surface area contributed by atoms with E-state index in [0.29, 0.717) is 12.0 Å². The van der Waals surface area contributed by atoms with Gasteiger partial charge in [0.25, 0.3) is 0 Å². The predicted molar refractivity (Wildman–Crippen MR) is 141 cm³/mol. The number of rotatable bonds is 5. The molecule has 8 heteroatoms. The van der Waals surface area contributed by atoms with E-state index in [-0.39, 0.29) is 42.5 Å². The number of ether oxygens (including phenoxy) is 3. The molecule has 1 aromatic heterocycles. The van der Waals surface area contributed by atoms with Gasteiger partial charge in [-0.3, -0.25) is 9.69 Å². The Kier molecular flexibility index (Phi) is 6.61. The van der Waals surface area contributed by atoms with Crippen molar-refractivity contribution in [1.29, 1.82) is 0 Å². The van der Waals surface area contributed by atoms with Crippen LogP contribution in [0.5, 0.6) is 5.75 Å². The van der Waals surface area contributed by atoms with Gasteiger partial charge in [-0.25, -0.2) is 4.79 Å². The number of aromatic nitrogens is 1. The number of piperidine rings is 1. The Labute approximate surface area is 221 Å². The first-order chi connectivity index (χ1) is 18.5. The predicted octanol–water partition coefficient (Wildman–Crippen LogP) is 4.01. The van der Waals surface area contributed by atoms with Crippen molar-refractivity contribution in [2.45, 2.75) is 44.4 Å². The lowest BCUT2D eigenvalue weighted by molar-refractivity contribution is -0.155. The minimum atomic E-state index is -0.397. The van der Waals surface area contributed by atoms with Gasteiger partial charge in [-0.05, 0) is 72.9 Å². The van der Waals surface area contributed by atoms with E-state index in [2.05, 4.69) is 22.0 Å². The monoisotopic (exact) mass is 518 g/mol. The molecule has 1 saturated heterocycles. The number of nitrogens with zero attached hydrogens (tertiary/aromatic N) is 1. The number of aliphatic hydroxyl groups excluding tert-OH is 1. The molecule has 6 rings (SSSR count). The molecule has 0 bridgehead atoms. The van der Waals surface area contributed by atoms with Crippen molar-refractivity contribution in [3.8, 4) is 5.75 Å². The SMILES string of the molecule is COC(=O)C1CC(OC(=O)c2ccc(CO)cc2)CC2CN3CCc4c([nH]c5cc(OC)ccc45)C3CC21. The topological polar surface area (TPSA) is 101 Å². The van der Waals surface area contributed by atoms with Gasteiger partial charge >= 0.3 is 11.9 Å². The standard InChI is InChI=1S/C30H34N2O6/c1-36-20-7-8-22-23-9-10-32-15-19-11-21(38-29(34)18-5-3-17(16-33)4-6-18)12-25(30(35)37-2)24(19)14-27(32)28(23)31-26(22)13-20/h3-8,13,19,21,24-25,27,31,33H,9-12,14-16H2,1-2H3. The average Bonchev–Trinajstić information content (AvgIpc) is 3.33. The zero-order chi connectivity index (χ0) is 26.4. The summed E-state index contributed by atoms with van der Waals surface area (Å²) in [5.74, 6) is 0.300. The van der Waals surface area contributed by atoms with Gasteiger partial charge in [0.15, 0.2) is 0 Å². The van der Waals surface area contributed by atoms with Gasteiger partial charge in [-0.15, -0.1) is 0 Å². The summed E-state index contributed by atoms with van der Waals surface area (Å²) in [4.78, 5) is 32.1. The second-order valence-corrected chi connectivity index (χ2v) is 10.8. The molecule has 0 amide bonds. The van der Waals surface area contributed by atoms with Crippen LogP contribution >= 0.6 is 0 Å². The van der Waals surface area contributed by atoms with E-state index < -0.39 is 5.97 Å². The van der Waals surface area contributed by atoms with Crippen molar-refractivity contribution < 1.29 is 28.9 Å². The molecule has 38 heavy (non-hydrogen) atoms. The van der Waals surface area contributed by atoms with Crippen LogP contribution in [0.25, 0.3) is 10.9 Å². The molecule has 2 N–H and O–H groups in total. The van der Waals surface area contributed by atoms with Crippen LogP contribution in [0, 0.1) is 17.8 Å². The van der Waals surface area contributed by atoms with Crippen LogP contribution in [0.1, 0.15) is 52.5 Å². The van der Waals surface area contributed by atoms with Gasteiger partial charge in [0.1, 0.15) is 11.9 Å². The van der Waals surface area contributed by atoms with Gasteiger partial charge in [-0.2, -0.15) is 0 Å². The molecular weight excluding hydrogens is 484 g/mol. The first kappa shape index (κ1) is 24.9. The number of H-pyrrole nitrogens is 1. The number of aliphatic hydroxyl groups is 1. The second-order valence-electron chi connectivity index (χ2n) is 10.8. The average molecular weight is 519 g/mol. The van der Waals surface area contributed by atoms with Crippen LogP contribution in [0.3, 0.4) is 0 Å². The zero-order valence-electron chi connectivity index (χ0n) is 21.8. The smallest absolute Gasteiger partial charge is 0.338 e. The maximum atomic E-state index is 13.0. The highest BCUT2D eigenvalue weighted by Crippen LogP contribution is 2.50. The third-order valence-corrected chi connectivity index (χ3v) is 8.89. The first-order valence-corrected chi connectivity index (χ1v) is 13.4. The lowest BCUT2D eigenvalue weighted by atomic mass is 9.65. The third-order valence-electron chi connectivity index (χ3n) is 8.89. The Hall–Kier alpha value is -3.36. The number of aromatic amines is 1. The molecule has 3 aliphatic rings. The van der Waals surface area contributed by atoms with Crippen molar-refractivity contribution in [3.05, 3.63) is 64.8 Å². The van der Waals surface area contributed by atoms with Crippen LogP contribution in [0.2, 0.25) is 0 Å². The molecule has 2 fully saturated rings. The van der Waals surface area contributed by atoms with Gasteiger partial charge < -0.3 is 24.3 Å². The number of benzene rings is 2. The van der Waals surface area contributed by atoms with Crippen molar-refractivity contribution in [3.63, 3.8) is 0 Å². The van der Waals surface area contributed by atoms with E-state index in [1.807, 2.05) is 6.07 Å². The maximum absolute atomic E-state index is 13.0. The van der Waals surface area contributed by atoms with Crippen LogP contribution in [-0.4, -0.2) is 60.3 Å². The van der Waals surface area contributed by atoms with Crippen molar-refractivity contribution >= 4 is 22.8 Å². The number of carbonyl (C=O) groups is 2. The molecule has 0 radical (unpaired) electrons. The molecule has 0 spiro atoms. The number of methoxy groups -OCH3 is 2. The summed E-state index contributed by atoms with van der Waals surface area (Å²) in [5.41, 5.74) is 4.89. The Bertz CT molecular complexity index is 1350. The molecule has 3 aromatic rings.